The summed E-state index contributed by atoms with van der Waals surface area (Å²) in [7, 11) is 0. The first-order valence-corrected chi connectivity index (χ1v) is 10.5. The van der Waals surface area contributed by atoms with E-state index in [0.29, 0.717) is 16.7 Å². The second-order valence-electron chi connectivity index (χ2n) is 6.44. The molecule has 0 aliphatic carbocycles. The second-order valence-corrected chi connectivity index (χ2v) is 8.38. The van der Waals surface area contributed by atoms with Gasteiger partial charge in [-0.15, -0.1) is 0 Å². The fraction of sp³-hybridized carbons (Fsp3) is 0.0952. The zero-order chi connectivity index (χ0) is 19.8. The number of nitrogens with zero attached hydrogens (tertiary/aromatic N) is 1. The maximum absolute atomic E-state index is 12.7. The van der Waals surface area contributed by atoms with Crippen molar-refractivity contribution in [1.29, 1.82) is 0 Å². The number of benzene rings is 2. The molecule has 4 rings (SSSR count). The Labute approximate surface area is 177 Å². The maximum atomic E-state index is 12.7. The van der Waals surface area contributed by atoms with Crippen LogP contribution < -0.4 is 5.63 Å². The maximum Gasteiger partial charge on any atom is 0.340 e. The number of fused-ring (bicyclic) bond motifs is 1. The van der Waals surface area contributed by atoms with Crippen LogP contribution in [0.1, 0.15) is 16.7 Å². The molecule has 0 unspecified atom stereocenters. The Morgan fingerprint density at radius 2 is 2.04 bits per heavy atom. The van der Waals surface area contributed by atoms with Crippen LogP contribution in [-0.2, 0) is 6.42 Å². The molecule has 0 fully saturated rings. The fourth-order valence-corrected chi connectivity index (χ4v) is 4.67. The lowest BCUT2D eigenvalue weighted by Gasteiger charge is -2.11. The summed E-state index contributed by atoms with van der Waals surface area (Å²) in [4.78, 5) is 23.2. The highest BCUT2D eigenvalue weighted by Gasteiger charge is 2.16. The number of hydrogen-bond donors (Lipinski definition) is 0. The molecule has 2 aromatic carbocycles. The zero-order valence-corrected chi connectivity index (χ0v) is 17.7. The highest BCUT2D eigenvalue weighted by molar-refractivity contribution is 14.1. The minimum atomic E-state index is -0.437. The highest BCUT2D eigenvalue weighted by atomic mass is 127. The van der Waals surface area contributed by atoms with Crippen molar-refractivity contribution in [3.8, 4) is 11.1 Å². The first-order valence-electron chi connectivity index (χ1n) is 8.46. The molecule has 0 atom stereocenters. The van der Waals surface area contributed by atoms with E-state index in [-0.39, 0.29) is 12.1 Å². The molecule has 7 heteroatoms. The lowest BCUT2D eigenvalue weighted by molar-refractivity contribution is -0.384. The Hall–Kier alpha value is -2.52. The first-order chi connectivity index (χ1) is 13.4. The van der Waals surface area contributed by atoms with Gasteiger partial charge in [0, 0.05) is 33.1 Å². The second kappa shape index (κ2) is 7.48. The topological polar surface area (TPSA) is 73.3 Å². The Morgan fingerprint density at radius 3 is 2.75 bits per heavy atom. The van der Waals surface area contributed by atoms with Crippen molar-refractivity contribution in [1.82, 2.24) is 0 Å². The molecule has 4 aromatic rings. The molecule has 140 valence electrons. The number of nitro groups is 1. The highest BCUT2D eigenvalue weighted by Crippen LogP contribution is 2.33. The summed E-state index contributed by atoms with van der Waals surface area (Å²) in [6.07, 6.45) is 0.286. The van der Waals surface area contributed by atoms with Gasteiger partial charge in [0.15, 0.2) is 0 Å². The number of hydrogen-bond acceptors (Lipinski definition) is 5. The molecule has 0 spiro atoms. The van der Waals surface area contributed by atoms with Gasteiger partial charge in [0.1, 0.15) is 5.58 Å². The Kier molecular flexibility index (Phi) is 5.03. The van der Waals surface area contributed by atoms with E-state index in [4.69, 9.17) is 4.42 Å². The van der Waals surface area contributed by atoms with Crippen LogP contribution in [0.15, 0.2) is 62.4 Å². The van der Waals surface area contributed by atoms with E-state index >= 15 is 0 Å². The summed E-state index contributed by atoms with van der Waals surface area (Å²) in [5, 5.41) is 16.0. The van der Waals surface area contributed by atoms with Gasteiger partial charge in [0.05, 0.1) is 4.92 Å². The van der Waals surface area contributed by atoms with E-state index in [1.807, 2.05) is 30.5 Å². The van der Waals surface area contributed by atoms with Crippen LogP contribution in [0.5, 0.6) is 0 Å². The smallest absolute Gasteiger partial charge is 0.340 e. The summed E-state index contributed by atoms with van der Waals surface area (Å²) >= 11 is 3.91. The van der Waals surface area contributed by atoms with Crippen LogP contribution in [0.4, 0.5) is 5.69 Å². The largest absolute Gasteiger partial charge is 0.422 e. The van der Waals surface area contributed by atoms with Crippen LogP contribution in [0.2, 0.25) is 0 Å². The van der Waals surface area contributed by atoms with Crippen molar-refractivity contribution in [2.45, 2.75) is 13.3 Å². The molecule has 0 saturated carbocycles. The number of thiophene rings is 1. The molecule has 2 heterocycles. The van der Waals surface area contributed by atoms with Crippen LogP contribution in [0.25, 0.3) is 22.1 Å². The van der Waals surface area contributed by atoms with Crippen molar-refractivity contribution < 1.29 is 9.34 Å². The quantitative estimate of drug-likeness (QED) is 0.150. The van der Waals surface area contributed by atoms with E-state index in [2.05, 4.69) is 28.0 Å². The van der Waals surface area contributed by atoms with Gasteiger partial charge in [-0.2, -0.15) is 11.3 Å². The first kappa shape index (κ1) is 18.8. The van der Waals surface area contributed by atoms with Crippen LogP contribution in [-0.4, -0.2) is 4.92 Å². The van der Waals surface area contributed by atoms with Crippen LogP contribution >= 0.6 is 33.9 Å². The molecule has 0 amide bonds. The lowest BCUT2D eigenvalue weighted by atomic mass is 9.98. The average Bonchev–Trinajstić information content (AvgIpc) is 3.20. The van der Waals surface area contributed by atoms with E-state index in [0.717, 1.165) is 25.6 Å². The Morgan fingerprint density at radius 1 is 1.21 bits per heavy atom. The van der Waals surface area contributed by atoms with Crippen molar-refractivity contribution in [3.63, 3.8) is 0 Å². The Balaban J connectivity index is 1.82. The normalized spacial score (nSPS) is 11.1. The molecule has 2 aromatic heterocycles. The monoisotopic (exact) mass is 503 g/mol. The van der Waals surface area contributed by atoms with Gasteiger partial charge in [-0.05, 0) is 80.7 Å². The third-order valence-electron chi connectivity index (χ3n) is 4.71. The molecule has 0 radical (unpaired) electrons. The van der Waals surface area contributed by atoms with Crippen LogP contribution in [0.3, 0.4) is 0 Å². The number of aryl methyl sites for hydroxylation is 1. The van der Waals surface area contributed by atoms with Gasteiger partial charge >= 0.3 is 5.63 Å². The average molecular weight is 503 g/mol. The van der Waals surface area contributed by atoms with Gasteiger partial charge in [0.2, 0.25) is 0 Å². The lowest BCUT2D eigenvalue weighted by Crippen LogP contribution is -2.11. The molecule has 28 heavy (non-hydrogen) atoms. The van der Waals surface area contributed by atoms with Gasteiger partial charge in [-0.3, -0.25) is 10.1 Å². The number of non-ortho nitro benzene ring substituents is 1. The van der Waals surface area contributed by atoms with Crippen molar-refractivity contribution in [2.75, 3.05) is 0 Å². The summed E-state index contributed by atoms with van der Waals surface area (Å²) < 4.78 is 6.70. The number of rotatable bonds is 4. The third kappa shape index (κ3) is 3.47. The van der Waals surface area contributed by atoms with Gasteiger partial charge in [-0.1, -0.05) is 12.1 Å². The van der Waals surface area contributed by atoms with E-state index in [1.165, 1.54) is 12.1 Å². The van der Waals surface area contributed by atoms with Gasteiger partial charge in [-0.25, -0.2) is 4.79 Å². The summed E-state index contributed by atoms with van der Waals surface area (Å²) in [5.41, 5.74) is 4.34. The van der Waals surface area contributed by atoms with E-state index in [9.17, 15) is 14.9 Å². The van der Waals surface area contributed by atoms with Gasteiger partial charge in [0.25, 0.3) is 5.69 Å². The molecular formula is C21H14INO4S. The molecular weight excluding hydrogens is 489 g/mol. The van der Waals surface area contributed by atoms with Crippen molar-refractivity contribution in [3.05, 3.63) is 94.0 Å². The van der Waals surface area contributed by atoms with E-state index < -0.39 is 10.5 Å². The molecule has 0 N–H and O–H groups in total. The molecule has 0 aliphatic heterocycles. The third-order valence-corrected chi connectivity index (χ3v) is 6.29. The fourth-order valence-electron chi connectivity index (χ4n) is 3.24. The van der Waals surface area contributed by atoms with E-state index in [1.54, 1.807) is 23.5 Å². The molecule has 0 aliphatic rings. The molecule has 0 bridgehead atoms. The number of halogens is 1. The SMILES string of the molecule is Cc1c(Cc2cccc([N+](=O)[O-])c2)c(=O)oc2cc(-c3ccsc3)c(I)cc12. The van der Waals surface area contributed by atoms with Crippen molar-refractivity contribution in [2.24, 2.45) is 0 Å². The molecule has 0 saturated heterocycles. The van der Waals surface area contributed by atoms with Crippen LogP contribution in [0, 0.1) is 20.6 Å². The summed E-state index contributed by atoms with van der Waals surface area (Å²) in [6, 6.07) is 12.3. The Bertz CT molecular complexity index is 1260. The predicted octanol–water partition coefficient (Wildman–Crippen LogP) is 5.93. The molecule has 5 nitrogen and oxygen atoms in total. The van der Waals surface area contributed by atoms with Crippen molar-refractivity contribution >= 4 is 50.6 Å². The minimum Gasteiger partial charge on any atom is -0.422 e. The van der Waals surface area contributed by atoms with Gasteiger partial charge < -0.3 is 4.42 Å². The zero-order valence-electron chi connectivity index (χ0n) is 14.8. The standard InChI is InChI=1S/C21H14INO4S/c1-12-16-9-19(22)18(14-5-6-28-11-14)10-20(16)27-21(24)17(12)8-13-3-2-4-15(7-13)23(25)26/h2-7,9-11H,8H2,1H3. The minimum absolute atomic E-state index is 0.00952. The summed E-state index contributed by atoms with van der Waals surface area (Å²) in [5.74, 6) is 0. The summed E-state index contributed by atoms with van der Waals surface area (Å²) in [6.45, 7) is 1.90. The predicted molar refractivity (Wildman–Crippen MR) is 119 cm³/mol. The number of nitro benzene ring substituents is 1.